The quantitative estimate of drug-likeness (QED) is 0.551. The lowest BCUT2D eigenvalue weighted by Gasteiger charge is -2.20. The number of pyridine rings is 1. The third kappa shape index (κ3) is 2.51. The van der Waals surface area contributed by atoms with Crippen LogP contribution in [0.1, 0.15) is 18.1 Å². The van der Waals surface area contributed by atoms with Crippen LogP contribution in [-0.2, 0) is 14.2 Å². The Labute approximate surface area is 151 Å². The van der Waals surface area contributed by atoms with Gasteiger partial charge in [0.05, 0.1) is 12.9 Å². The first-order valence-electron chi connectivity index (χ1n) is 8.35. The van der Waals surface area contributed by atoms with Gasteiger partial charge in [-0.2, -0.15) is 4.98 Å². The molecular formula is C16H16N6O5. The normalized spacial score (nSPS) is 30.0. The van der Waals surface area contributed by atoms with E-state index < -0.39 is 36.4 Å². The molecule has 2 saturated heterocycles. The zero-order chi connectivity index (χ0) is 18.5. The van der Waals surface area contributed by atoms with E-state index in [-0.39, 0.29) is 23.7 Å². The molecule has 0 bridgehead atoms. The first-order chi connectivity index (χ1) is 13.2. The molecule has 5 atom stereocenters. The van der Waals surface area contributed by atoms with Gasteiger partial charge in [-0.3, -0.25) is 19.3 Å². The van der Waals surface area contributed by atoms with Crippen LogP contribution in [-0.4, -0.2) is 54.5 Å². The highest BCUT2D eigenvalue weighted by molar-refractivity contribution is 5.70. The van der Waals surface area contributed by atoms with Crippen molar-refractivity contribution in [2.75, 3.05) is 12.3 Å². The van der Waals surface area contributed by atoms with E-state index in [9.17, 15) is 9.90 Å². The van der Waals surface area contributed by atoms with Crippen molar-refractivity contribution in [2.24, 2.45) is 0 Å². The van der Waals surface area contributed by atoms with Crippen LogP contribution >= 0.6 is 0 Å². The Bertz CT molecular complexity index is 1040. The Kier molecular flexibility index (Phi) is 3.68. The molecule has 0 aromatic carbocycles. The van der Waals surface area contributed by atoms with Crippen LogP contribution in [0, 0.1) is 0 Å². The van der Waals surface area contributed by atoms with Crippen molar-refractivity contribution in [1.29, 1.82) is 0 Å². The number of aliphatic hydroxyl groups is 1. The number of fused-ring (bicyclic) bond motifs is 2. The molecule has 3 aromatic rings. The molecule has 3 aromatic heterocycles. The molecule has 5 heterocycles. The van der Waals surface area contributed by atoms with Crippen molar-refractivity contribution in [3.05, 3.63) is 46.8 Å². The highest BCUT2D eigenvalue weighted by Gasteiger charge is 2.53. The summed E-state index contributed by atoms with van der Waals surface area (Å²) in [6.45, 7) is -0.243. The highest BCUT2D eigenvalue weighted by atomic mass is 16.8. The molecule has 2 aliphatic rings. The summed E-state index contributed by atoms with van der Waals surface area (Å²) in [7, 11) is 0. The van der Waals surface area contributed by atoms with Gasteiger partial charge >= 0.3 is 0 Å². The van der Waals surface area contributed by atoms with Crippen molar-refractivity contribution >= 4 is 17.1 Å². The minimum atomic E-state index is -0.683. The van der Waals surface area contributed by atoms with Crippen LogP contribution in [0.15, 0.2) is 35.6 Å². The maximum Gasteiger partial charge on any atom is 0.280 e. The summed E-state index contributed by atoms with van der Waals surface area (Å²) in [5.41, 5.74) is 6.44. The van der Waals surface area contributed by atoms with Gasteiger partial charge in [-0.15, -0.1) is 0 Å². The van der Waals surface area contributed by atoms with Gasteiger partial charge in [0, 0.05) is 18.0 Å². The summed E-state index contributed by atoms with van der Waals surface area (Å²) in [6, 6.07) is 3.59. The maximum atomic E-state index is 12.0. The molecule has 27 heavy (non-hydrogen) atoms. The Balaban J connectivity index is 1.53. The van der Waals surface area contributed by atoms with E-state index in [2.05, 4.69) is 19.9 Å². The molecule has 11 heteroatoms. The number of H-pyrrole nitrogens is 1. The predicted molar refractivity (Wildman–Crippen MR) is 90.3 cm³/mol. The summed E-state index contributed by atoms with van der Waals surface area (Å²) < 4.78 is 19.5. The average Bonchev–Trinajstić information content (AvgIpc) is 3.35. The highest BCUT2D eigenvalue weighted by Crippen LogP contribution is 2.44. The van der Waals surface area contributed by atoms with E-state index >= 15 is 0 Å². The van der Waals surface area contributed by atoms with E-state index in [1.54, 1.807) is 29.1 Å². The lowest BCUT2D eigenvalue weighted by molar-refractivity contribution is -0.153. The molecule has 140 valence electrons. The summed E-state index contributed by atoms with van der Waals surface area (Å²) in [5, 5.41) is 9.70. The van der Waals surface area contributed by atoms with Gasteiger partial charge in [0.15, 0.2) is 23.7 Å². The summed E-state index contributed by atoms with van der Waals surface area (Å²) in [4.78, 5) is 26.7. The lowest BCUT2D eigenvalue weighted by atomic mass is 10.1. The lowest BCUT2D eigenvalue weighted by Crippen LogP contribution is -2.30. The number of nitrogens with one attached hydrogen (secondary N) is 1. The number of ether oxygens (including phenoxy) is 3. The van der Waals surface area contributed by atoms with Gasteiger partial charge in [0.1, 0.15) is 18.3 Å². The van der Waals surface area contributed by atoms with Crippen LogP contribution in [0.5, 0.6) is 0 Å². The molecule has 11 nitrogen and oxygen atoms in total. The van der Waals surface area contributed by atoms with Crippen molar-refractivity contribution < 1.29 is 19.3 Å². The van der Waals surface area contributed by atoms with Gasteiger partial charge in [0.25, 0.3) is 5.56 Å². The van der Waals surface area contributed by atoms with E-state index in [1.807, 2.05) is 0 Å². The summed E-state index contributed by atoms with van der Waals surface area (Å²) in [6.07, 6.45) is 1.83. The molecule has 0 saturated carbocycles. The van der Waals surface area contributed by atoms with Crippen LogP contribution < -0.4 is 11.3 Å². The number of nitrogens with zero attached hydrogens (tertiary/aromatic N) is 4. The third-order valence-corrected chi connectivity index (χ3v) is 4.73. The number of hydrogen-bond donors (Lipinski definition) is 3. The van der Waals surface area contributed by atoms with Crippen LogP contribution in [0.25, 0.3) is 11.2 Å². The molecule has 0 spiro atoms. The number of anilines is 1. The van der Waals surface area contributed by atoms with E-state index in [0.29, 0.717) is 0 Å². The van der Waals surface area contributed by atoms with Crippen molar-refractivity contribution in [3.63, 3.8) is 0 Å². The van der Waals surface area contributed by atoms with E-state index in [4.69, 9.17) is 19.9 Å². The number of aromatic amines is 1. The number of nitrogen functional groups attached to an aromatic ring is 1. The maximum absolute atomic E-state index is 12.0. The second-order valence-electron chi connectivity index (χ2n) is 6.34. The molecule has 5 unspecified atom stereocenters. The molecule has 4 N–H and O–H groups in total. The standard InChI is InChI=1S/C16H16N6O5/c17-16-20-12-9(13(24)21-16)19-6-22(12)14-11-10(8(5-23)25-14)26-15(27-11)7-1-3-18-4-2-7/h1-4,6,8,10-11,14-15,23H,5H2,(H3,17,20,21,24). The number of hydrogen-bond acceptors (Lipinski definition) is 9. The zero-order valence-corrected chi connectivity index (χ0v) is 13.9. The monoisotopic (exact) mass is 372 g/mol. The largest absolute Gasteiger partial charge is 0.394 e. The van der Waals surface area contributed by atoms with Crippen LogP contribution in [0.4, 0.5) is 5.95 Å². The predicted octanol–water partition coefficient (Wildman–Crippen LogP) is -0.531. The fourth-order valence-electron chi connectivity index (χ4n) is 3.51. The molecule has 5 rings (SSSR count). The van der Waals surface area contributed by atoms with Gasteiger partial charge in [0.2, 0.25) is 5.95 Å². The fraction of sp³-hybridized carbons (Fsp3) is 0.375. The first-order valence-corrected chi connectivity index (χ1v) is 8.35. The van der Waals surface area contributed by atoms with Gasteiger partial charge in [-0.05, 0) is 12.1 Å². The molecule has 0 aliphatic carbocycles. The molecule has 2 aliphatic heterocycles. The number of aromatic nitrogens is 5. The second kappa shape index (κ2) is 6.09. The fourth-order valence-corrected chi connectivity index (χ4v) is 3.51. The Hall–Kier alpha value is -2.86. The molecular weight excluding hydrogens is 356 g/mol. The molecule has 0 amide bonds. The smallest absolute Gasteiger partial charge is 0.280 e. The minimum absolute atomic E-state index is 0.0271. The Morgan fingerprint density at radius 3 is 2.78 bits per heavy atom. The van der Waals surface area contributed by atoms with Gasteiger partial charge in [-0.1, -0.05) is 0 Å². The summed E-state index contributed by atoms with van der Waals surface area (Å²) in [5.74, 6) is -0.0271. The van der Waals surface area contributed by atoms with Gasteiger partial charge < -0.3 is 25.1 Å². The second-order valence-corrected chi connectivity index (χ2v) is 6.34. The topological polar surface area (TPSA) is 150 Å². The van der Waals surface area contributed by atoms with Crippen LogP contribution in [0.2, 0.25) is 0 Å². The number of imidazole rings is 1. The van der Waals surface area contributed by atoms with Crippen molar-refractivity contribution in [2.45, 2.75) is 30.8 Å². The average molecular weight is 372 g/mol. The first kappa shape index (κ1) is 16.3. The number of aliphatic hydroxyl groups excluding tert-OH is 1. The zero-order valence-electron chi connectivity index (χ0n) is 13.9. The number of rotatable bonds is 3. The number of nitrogens with two attached hydrogens (primary N) is 1. The van der Waals surface area contributed by atoms with Crippen LogP contribution in [0.3, 0.4) is 0 Å². The van der Waals surface area contributed by atoms with Gasteiger partial charge in [-0.25, -0.2) is 4.98 Å². The molecule has 0 radical (unpaired) electrons. The third-order valence-electron chi connectivity index (χ3n) is 4.73. The Morgan fingerprint density at radius 2 is 2.00 bits per heavy atom. The minimum Gasteiger partial charge on any atom is -0.394 e. The summed E-state index contributed by atoms with van der Waals surface area (Å²) >= 11 is 0. The van der Waals surface area contributed by atoms with Crippen molar-refractivity contribution in [3.8, 4) is 0 Å². The molecule has 2 fully saturated rings. The van der Waals surface area contributed by atoms with E-state index in [0.717, 1.165) is 5.56 Å². The Morgan fingerprint density at radius 1 is 1.22 bits per heavy atom. The van der Waals surface area contributed by atoms with E-state index in [1.165, 1.54) is 6.33 Å². The van der Waals surface area contributed by atoms with Crippen molar-refractivity contribution in [1.82, 2.24) is 24.5 Å². The SMILES string of the molecule is Nc1nc2c(ncn2C2OC(CO)C3OC(c4ccncc4)OC32)c(=O)[nH]1.